The number of nitrogens with one attached hydrogen (secondary N) is 1. The summed E-state index contributed by atoms with van der Waals surface area (Å²) < 4.78 is 11.5. The third-order valence-corrected chi connectivity index (χ3v) is 11.2. The van der Waals surface area contributed by atoms with Gasteiger partial charge in [0.15, 0.2) is 11.5 Å². The Kier molecular flexibility index (Phi) is 41.4. The van der Waals surface area contributed by atoms with Gasteiger partial charge in [-0.1, -0.05) is 158 Å². The number of ether oxygens (including phenoxy) is 2. The van der Waals surface area contributed by atoms with E-state index >= 15 is 0 Å². The molecule has 0 bridgehead atoms. The second-order valence-corrected chi connectivity index (χ2v) is 18.6. The van der Waals surface area contributed by atoms with E-state index in [-0.39, 0.29) is 54.2 Å². The Bertz CT molecular complexity index is 1350. The van der Waals surface area contributed by atoms with Gasteiger partial charge in [0.2, 0.25) is 0 Å². The number of hydrogen-bond acceptors (Lipinski definition) is 6. The van der Waals surface area contributed by atoms with Gasteiger partial charge < -0.3 is 19.9 Å². The molecule has 1 rings (SSSR count). The molecule has 0 amide bonds. The van der Waals surface area contributed by atoms with Crippen LogP contribution in [0.5, 0.6) is 11.5 Å². The standard InChI is InChI=1S/C56H95NO5.ClH/c1-6-8-10-12-14-16-18-20-22-24-26-28-30-32-34-36-38-40-42-44-54(59)61-52-47-46-50(51(58)49-57-56(3,4)5)48-53(52)62-55(60)45-43-41-39-37-35-33-31-29-27-25-23-21-19-17-15-13-11-9-7-2;/h20-23,36-39,46-48,51,57-58H,6-19,24-35,40-45,49H2,1-5H3;1H/b22-20+,23-21+,38-36+,39-37+;. The van der Waals surface area contributed by atoms with Crippen molar-refractivity contribution in [3.63, 3.8) is 0 Å². The van der Waals surface area contributed by atoms with Crippen LogP contribution >= 0.6 is 12.4 Å². The van der Waals surface area contributed by atoms with E-state index in [0.717, 1.165) is 25.7 Å². The van der Waals surface area contributed by atoms with Crippen LogP contribution in [-0.4, -0.2) is 29.1 Å². The first-order valence-electron chi connectivity index (χ1n) is 25.7. The molecule has 362 valence electrons. The first-order valence-corrected chi connectivity index (χ1v) is 25.7. The van der Waals surface area contributed by atoms with Gasteiger partial charge >= 0.3 is 11.9 Å². The fourth-order valence-electron chi connectivity index (χ4n) is 7.28. The molecule has 1 atom stereocenters. The number of β-amino-alcohol motifs (C(OH)–C–C–N with tert-alkyl or cyclic N) is 1. The average molecular weight is 899 g/mol. The smallest absolute Gasteiger partial charge is 0.311 e. The van der Waals surface area contributed by atoms with Gasteiger partial charge in [0.25, 0.3) is 0 Å². The highest BCUT2D eigenvalue weighted by atomic mass is 35.5. The normalized spacial score (nSPS) is 12.5. The summed E-state index contributed by atoms with van der Waals surface area (Å²) in [6.07, 6.45) is 54.4. The lowest BCUT2D eigenvalue weighted by Crippen LogP contribution is -2.38. The summed E-state index contributed by atoms with van der Waals surface area (Å²) in [5.74, 6) is -0.364. The molecule has 0 aliphatic heterocycles. The molecule has 1 aromatic rings. The monoisotopic (exact) mass is 898 g/mol. The molecule has 1 aromatic carbocycles. The van der Waals surface area contributed by atoms with Gasteiger partial charge in [-0.05, 0) is 141 Å². The lowest BCUT2D eigenvalue weighted by Gasteiger charge is -2.23. The van der Waals surface area contributed by atoms with Gasteiger partial charge in [0, 0.05) is 24.9 Å². The molecule has 6 nitrogen and oxygen atoms in total. The summed E-state index contributed by atoms with van der Waals surface area (Å²) in [7, 11) is 0. The molecule has 0 aliphatic rings. The van der Waals surface area contributed by atoms with Crippen molar-refractivity contribution in [3.8, 4) is 11.5 Å². The van der Waals surface area contributed by atoms with E-state index in [1.165, 1.54) is 154 Å². The Hall–Kier alpha value is -2.67. The van der Waals surface area contributed by atoms with Crippen molar-refractivity contribution in [2.24, 2.45) is 0 Å². The van der Waals surface area contributed by atoms with Crippen molar-refractivity contribution in [3.05, 3.63) is 72.4 Å². The predicted molar refractivity (Wildman–Crippen MR) is 273 cm³/mol. The minimum Gasteiger partial charge on any atom is -0.423 e. The highest BCUT2D eigenvalue weighted by molar-refractivity contribution is 5.85. The molecule has 0 heterocycles. The average Bonchev–Trinajstić information content (AvgIpc) is 3.24. The van der Waals surface area contributed by atoms with E-state index < -0.39 is 6.10 Å². The van der Waals surface area contributed by atoms with Crippen LogP contribution in [0.1, 0.15) is 252 Å². The first-order chi connectivity index (χ1) is 30.2. The van der Waals surface area contributed by atoms with Crippen LogP contribution < -0.4 is 14.8 Å². The number of rotatable bonds is 41. The maximum absolute atomic E-state index is 13.0. The van der Waals surface area contributed by atoms with Gasteiger partial charge in [-0.25, -0.2) is 0 Å². The molecule has 0 spiro atoms. The minimum atomic E-state index is -0.813. The van der Waals surface area contributed by atoms with E-state index in [0.29, 0.717) is 24.9 Å². The van der Waals surface area contributed by atoms with Crippen LogP contribution in [0.4, 0.5) is 0 Å². The molecule has 0 fully saturated rings. The van der Waals surface area contributed by atoms with Crippen molar-refractivity contribution < 1.29 is 24.2 Å². The highest BCUT2D eigenvalue weighted by Crippen LogP contribution is 2.32. The molecular weight excluding hydrogens is 802 g/mol. The Morgan fingerprint density at radius 1 is 0.508 bits per heavy atom. The Morgan fingerprint density at radius 3 is 1.17 bits per heavy atom. The van der Waals surface area contributed by atoms with Crippen molar-refractivity contribution in [2.75, 3.05) is 6.54 Å². The van der Waals surface area contributed by atoms with Gasteiger partial charge in [0.1, 0.15) is 0 Å². The summed E-state index contributed by atoms with van der Waals surface area (Å²) in [6, 6.07) is 4.98. The molecule has 63 heavy (non-hydrogen) atoms. The maximum Gasteiger partial charge on any atom is 0.311 e. The number of aliphatic hydroxyl groups is 1. The zero-order chi connectivity index (χ0) is 45.2. The quantitative estimate of drug-likeness (QED) is 0.0295. The molecule has 0 aliphatic carbocycles. The van der Waals surface area contributed by atoms with Gasteiger partial charge in [-0.2, -0.15) is 0 Å². The molecule has 0 saturated heterocycles. The molecule has 1 unspecified atom stereocenters. The molecule has 2 N–H and O–H groups in total. The van der Waals surface area contributed by atoms with Crippen molar-refractivity contribution in [1.82, 2.24) is 5.32 Å². The van der Waals surface area contributed by atoms with Gasteiger partial charge in [-0.3, -0.25) is 9.59 Å². The largest absolute Gasteiger partial charge is 0.423 e. The molecule has 0 radical (unpaired) electrons. The van der Waals surface area contributed by atoms with Gasteiger partial charge in [-0.15, -0.1) is 12.4 Å². The number of unbranched alkanes of at least 4 members (excludes halogenated alkanes) is 24. The van der Waals surface area contributed by atoms with Crippen LogP contribution in [0.15, 0.2) is 66.8 Å². The van der Waals surface area contributed by atoms with E-state index in [1.54, 1.807) is 18.2 Å². The third-order valence-electron chi connectivity index (χ3n) is 11.2. The van der Waals surface area contributed by atoms with E-state index in [4.69, 9.17) is 9.47 Å². The molecular formula is C56H96ClNO5. The lowest BCUT2D eigenvalue weighted by atomic mass is 10.1. The van der Waals surface area contributed by atoms with Crippen LogP contribution in [-0.2, 0) is 9.59 Å². The highest BCUT2D eigenvalue weighted by Gasteiger charge is 2.19. The molecule has 7 heteroatoms. The van der Waals surface area contributed by atoms with Crippen molar-refractivity contribution in [2.45, 2.75) is 252 Å². The molecule has 0 aromatic heterocycles. The van der Waals surface area contributed by atoms with Crippen LogP contribution in [0.25, 0.3) is 0 Å². The van der Waals surface area contributed by atoms with Crippen molar-refractivity contribution in [1.29, 1.82) is 0 Å². The number of carbonyl (C=O) groups is 2. The van der Waals surface area contributed by atoms with Crippen LogP contribution in [0.2, 0.25) is 0 Å². The van der Waals surface area contributed by atoms with E-state index in [1.807, 2.05) is 20.8 Å². The van der Waals surface area contributed by atoms with Gasteiger partial charge in [0.05, 0.1) is 6.10 Å². The van der Waals surface area contributed by atoms with Crippen LogP contribution in [0.3, 0.4) is 0 Å². The minimum absolute atomic E-state index is 0. The summed E-state index contributed by atoms with van der Waals surface area (Å²) in [4.78, 5) is 25.8. The summed E-state index contributed by atoms with van der Waals surface area (Å²) in [5.41, 5.74) is 0.427. The number of esters is 2. The fourth-order valence-corrected chi connectivity index (χ4v) is 7.28. The lowest BCUT2D eigenvalue weighted by molar-refractivity contribution is -0.137. The van der Waals surface area contributed by atoms with E-state index in [2.05, 4.69) is 67.8 Å². The predicted octanol–water partition coefficient (Wildman–Crippen LogP) is 17.1. The second-order valence-electron chi connectivity index (χ2n) is 18.6. The number of carbonyl (C=O) groups excluding carboxylic acids is 2. The summed E-state index contributed by atoms with van der Waals surface area (Å²) >= 11 is 0. The zero-order valence-electron chi connectivity index (χ0n) is 41.3. The summed E-state index contributed by atoms with van der Waals surface area (Å²) in [5, 5.41) is 14.2. The third kappa shape index (κ3) is 39.4. The number of benzene rings is 1. The molecule has 0 saturated carbocycles. The zero-order valence-corrected chi connectivity index (χ0v) is 42.1. The Morgan fingerprint density at radius 2 is 0.825 bits per heavy atom. The second kappa shape index (κ2) is 43.2. The van der Waals surface area contributed by atoms with Crippen molar-refractivity contribution >= 4 is 24.3 Å². The Labute approximate surface area is 394 Å². The maximum atomic E-state index is 13.0. The number of allylic oxidation sites excluding steroid dienone is 8. The summed E-state index contributed by atoms with van der Waals surface area (Å²) in [6.45, 7) is 11.0. The Balaban J connectivity index is 0.0000384. The van der Waals surface area contributed by atoms with E-state index in [9.17, 15) is 14.7 Å². The number of halogens is 1. The fraction of sp³-hybridized carbons (Fsp3) is 0.714. The SMILES string of the molecule is CCCCCCCC/C=C/CCCCCC/C=C/CCCC(=O)Oc1ccc(C(O)CNC(C)(C)C)cc1OC(=O)CCC/C=C/CCCCCC/C=C/CCCCCCCC.Cl. The first kappa shape index (κ1) is 60.3. The topological polar surface area (TPSA) is 84.9 Å². The van der Waals surface area contributed by atoms with Crippen LogP contribution in [0, 0.1) is 0 Å². The number of aliphatic hydroxyl groups excluding tert-OH is 1. The number of hydrogen-bond donors (Lipinski definition) is 2.